The third kappa shape index (κ3) is 5.94. The van der Waals surface area contributed by atoms with Crippen molar-refractivity contribution in [1.82, 2.24) is 14.8 Å². The van der Waals surface area contributed by atoms with E-state index in [4.69, 9.17) is 4.74 Å². The van der Waals surface area contributed by atoms with Crippen LogP contribution >= 0.6 is 0 Å². The molecule has 0 radical (unpaired) electrons. The van der Waals surface area contributed by atoms with E-state index in [1.165, 1.54) is 0 Å². The quantitative estimate of drug-likeness (QED) is 0.676. The summed E-state index contributed by atoms with van der Waals surface area (Å²) < 4.78 is 7.49. The maximum Gasteiger partial charge on any atom is 0.224 e. The maximum absolute atomic E-state index is 12.5. The third-order valence-electron chi connectivity index (χ3n) is 5.51. The molecule has 1 aliphatic rings. The summed E-state index contributed by atoms with van der Waals surface area (Å²) in [7, 11) is 0. The molecule has 1 fully saturated rings. The van der Waals surface area contributed by atoms with E-state index in [1.807, 2.05) is 43.6 Å². The van der Waals surface area contributed by atoms with Gasteiger partial charge in [-0.3, -0.25) is 4.79 Å². The van der Waals surface area contributed by atoms with Crippen LogP contribution in [0.4, 0.5) is 0 Å². The Balaban J connectivity index is 1.42. The Morgan fingerprint density at radius 2 is 1.96 bits per heavy atom. The molecular formula is C23H33N3O2. The highest BCUT2D eigenvalue weighted by Crippen LogP contribution is 2.17. The molecule has 0 bridgehead atoms. The molecule has 152 valence electrons. The van der Waals surface area contributed by atoms with Gasteiger partial charge in [0.15, 0.2) is 0 Å². The first-order chi connectivity index (χ1) is 13.7. The Morgan fingerprint density at radius 3 is 2.64 bits per heavy atom. The molecule has 2 atom stereocenters. The van der Waals surface area contributed by atoms with Gasteiger partial charge in [-0.25, -0.2) is 0 Å². The molecule has 0 spiro atoms. The van der Waals surface area contributed by atoms with Crippen molar-refractivity contribution in [2.45, 2.75) is 39.2 Å². The van der Waals surface area contributed by atoms with Crippen LogP contribution in [-0.4, -0.2) is 54.3 Å². The minimum Gasteiger partial charge on any atom is -0.382 e. The van der Waals surface area contributed by atoms with Crippen molar-refractivity contribution in [3.8, 4) is 5.69 Å². The van der Waals surface area contributed by atoms with Gasteiger partial charge in [0.2, 0.25) is 5.91 Å². The number of carbonyl (C=O) groups is 1. The van der Waals surface area contributed by atoms with Gasteiger partial charge < -0.3 is 19.5 Å². The molecule has 1 aromatic heterocycles. The highest BCUT2D eigenvalue weighted by atomic mass is 16.5. The minimum absolute atomic E-state index is 0.121. The van der Waals surface area contributed by atoms with Crippen molar-refractivity contribution in [2.75, 3.05) is 32.8 Å². The second kappa shape index (κ2) is 10.4. The van der Waals surface area contributed by atoms with Gasteiger partial charge in [0.25, 0.3) is 0 Å². The lowest BCUT2D eigenvalue weighted by Crippen LogP contribution is -2.50. The highest BCUT2D eigenvalue weighted by molar-refractivity contribution is 5.79. The average molecular weight is 384 g/mol. The van der Waals surface area contributed by atoms with Gasteiger partial charge >= 0.3 is 0 Å². The van der Waals surface area contributed by atoms with E-state index < -0.39 is 0 Å². The minimum atomic E-state index is 0.121. The summed E-state index contributed by atoms with van der Waals surface area (Å²) in [4.78, 5) is 15.0. The van der Waals surface area contributed by atoms with Crippen LogP contribution in [0.2, 0.25) is 0 Å². The first kappa shape index (κ1) is 20.6. The molecule has 1 N–H and O–H groups in total. The first-order valence-electron chi connectivity index (χ1n) is 10.5. The number of carbonyl (C=O) groups excluding carboxylic acids is 1. The zero-order chi connectivity index (χ0) is 19.8. The molecule has 2 unspecified atom stereocenters. The van der Waals surface area contributed by atoms with E-state index in [-0.39, 0.29) is 11.9 Å². The molecule has 0 aliphatic carbocycles. The van der Waals surface area contributed by atoms with Crippen molar-refractivity contribution in [1.29, 1.82) is 0 Å². The predicted octanol–water partition coefficient (Wildman–Crippen LogP) is 3.27. The van der Waals surface area contributed by atoms with Gasteiger partial charge in [-0.2, -0.15) is 0 Å². The number of benzene rings is 1. The molecule has 1 aromatic carbocycles. The monoisotopic (exact) mass is 383 g/mol. The molecule has 1 saturated heterocycles. The molecule has 0 saturated carbocycles. The normalized spacial score (nSPS) is 20.2. The Labute approximate surface area is 168 Å². The lowest BCUT2D eigenvalue weighted by molar-refractivity contribution is -0.121. The second-order valence-electron chi connectivity index (χ2n) is 7.72. The fraction of sp³-hybridized carbons (Fsp3) is 0.522. The molecule has 5 heteroatoms. The summed E-state index contributed by atoms with van der Waals surface area (Å²) in [6.07, 6.45) is 6.58. The average Bonchev–Trinajstić information content (AvgIpc) is 3.23. The van der Waals surface area contributed by atoms with Crippen molar-refractivity contribution in [3.05, 3.63) is 54.4 Å². The summed E-state index contributed by atoms with van der Waals surface area (Å²) >= 11 is 0. The zero-order valence-corrected chi connectivity index (χ0v) is 17.1. The van der Waals surface area contributed by atoms with Gasteiger partial charge in [0, 0.05) is 57.0 Å². The van der Waals surface area contributed by atoms with E-state index in [1.54, 1.807) is 0 Å². The van der Waals surface area contributed by atoms with Crippen LogP contribution in [0.5, 0.6) is 0 Å². The van der Waals surface area contributed by atoms with Crippen LogP contribution in [0.3, 0.4) is 0 Å². The van der Waals surface area contributed by atoms with E-state index in [0.717, 1.165) is 56.9 Å². The Bertz CT molecular complexity index is 712. The van der Waals surface area contributed by atoms with E-state index in [0.29, 0.717) is 12.3 Å². The number of rotatable bonds is 9. The Hall–Kier alpha value is -2.11. The lowest BCUT2D eigenvalue weighted by atomic mass is 9.93. The molecule has 1 aliphatic heterocycles. The molecule has 1 amide bonds. The second-order valence-corrected chi connectivity index (χ2v) is 7.72. The van der Waals surface area contributed by atoms with Gasteiger partial charge in [-0.15, -0.1) is 0 Å². The summed E-state index contributed by atoms with van der Waals surface area (Å²) in [5.41, 5.74) is 2.16. The molecule has 2 heterocycles. The van der Waals surface area contributed by atoms with Gasteiger partial charge in [0.05, 0.1) is 6.42 Å². The third-order valence-corrected chi connectivity index (χ3v) is 5.51. The SMILES string of the molecule is CCOCCCN1CCC(NC(=O)Cc2ccc(-n3cccc3)cc2)C(C)C1. The molecule has 3 rings (SSSR count). The number of ether oxygens (including phenoxy) is 1. The number of likely N-dealkylation sites (tertiary alicyclic amines) is 1. The summed E-state index contributed by atoms with van der Waals surface area (Å²) in [5, 5.41) is 3.26. The van der Waals surface area contributed by atoms with Crippen LogP contribution in [-0.2, 0) is 16.0 Å². The van der Waals surface area contributed by atoms with Crippen molar-refractivity contribution < 1.29 is 9.53 Å². The maximum atomic E-state index is 12.5. The van der Waals surface area contributed by atoms with Crippen LogP contribution in [0.1, 0.15) is 32.3 Å². The van der Waals surface area contributed by atoms with Crippen molar-refractivity contribution in [2.24, 2.45) is 5.92 Å². The smallest absolute Gasteiger partial charge is 0.224 e. The van der Waals surface area contributed by atoms with Gasteiger partial charge in [0.1, 0.15) is 0 Å². The van der Waals surface area contributed by atoms with Crippen molar-refractivity contribution >= 4 is 5.91 Å². The highest BCUT2D eigenvalue weighted by Gasteiger charge is 2.26. The topological polar surface area (TPSA) is 46.5 Å². The predicted molar refractivity (Wildman–Crippen MR) is 113 cm³/mol. The number of nitrogens with one attached hydrogen (secondary N) is 1. The van der Waals surface area contributed by atoms with E-state index in [2.05, 4.69) is 33.8 Å². The Kier molecular flexibility index (Phi) is 7.69. The van der Waals surface area contributed by atoms with Crippen LogP contribution in [0.15, 0.2) is 48.8 Å². The molecule has 5 nitrogen and oxygen atoms in total. The molecule has 28 heavy (non-hydrogen) atoms. The number of hydrogen-bond donors (Lipinski definition) is 1. The zero-order valence-electron chi connectivity index (χ0n) is 17.1. The largest absolute Gasteiger partial charge is 0.382 e. The van der Waals surface area contributed by atoms with Crippen molar-refractivity contribution in [3.63, 3.8) is 0 Å². The number of piperidine rings is 1. The fourth-order valence-corrected chi connectivity index (χ4v) is 3.92. The summed E-state index contributed by atoms with van der Waals surface area (Å²) in [6.45, 7) is 9.08. The summed E-state index contributed by atoms with van der Waals surface area (Å²) in [6, 6.07) is 12.5. The van der Waals surface area contributed by atoms with Gasteiger partial charge in [-0.1, -0.05) is 19.1 Å². The lowest BCUT2D eigenvalue weighted by Gasteiger charge is -2.37. The van der Waals surface area contributed by atoms with E-state index in [9.17, 15) is 4.79 Å². The summed E-state index contributed by atoms with van der Waals surface area (Å²) in [5.74, 6) is 0.594. The first-order valence-corrected chi connectivity index (χ1v) is 10.5. The number of hydrogen-bond acceptors (Lipinski definition) is 3. The number of amides is 1. The van der Waals surface area contributed by atoms with Crippen LogP contribution < -0.4 is 5.32 Å². The van der Waals surface area contributed by atoms with E-state index >= 15 is 0 Å². The number of aromatic nitrogens is 1. The Morgan fingerprint density at radius 1 is 1.21 bits per heavy atom. The van der Waals surface area contributed by atoms with Crippen LogP contribution in [0.25, 0.3) is 5.69 Å². The van der Waals surface area contributed by atoms with Gasteiger partial charge in [-0.05, 0) is 55.5 Å². The molecular weight excluding hydrogens is 350 g/mol. The number of nitrogens with zero attached hydrogens (tertiary/aromatic N) is 2. The molecule has 2 aromatic rings. The fourth-order valence-electron chi connectivity index (χ4n) is 3.92. The van der Waals surface area contributed by atoms with Crippen LogP contribution in [0, 0.1) is 5.92 Å². The standard InChI is InChI=1S/C23H33N3O2/c1-3-28-16-6-12-25-15-11-22(19(2)18-25)24-23(27)17-20-7-9-21(10-8-20)26-13-4-5-14-26/h4-5,7-10,13-14,19,22H,3,6,11-12,15-18H2,1-2H3,(H,24,27).